The van der Waals surface area contributed by atoms with Gasteiger partial charge in [0.2, 0.25) is 0 Å². The van der Waals surface area contributed by atoms with Gasteiger partial charge < -0.3 is 0 Å². The molecule has 14 heavy (non-hydrogen) atoms. The van der Waals surface area contributed by atoms with E-state index in [1.165, 1.54) is 0 Å². The normalized spacial score (nSPS) is 24.3. The minimum absolute atomic E-state index is 0. The molecule has 0 aromatic carbocycles. The van der Waals surface area contributed by atoms with Crippen LogP contribution in [-0.4, -0.2) is 40.2 Å². The Morgan fingerprint density at radius 3 is 1.86 bits per heavy atom. The third kappa shape index (κ3) is 4.50. The minimum atomic E-state index is 0. The number of isocyanates is 2. The number of rotatable bonds is 4. The van der Waals surface area contributed by atoms with Gasteiger partial charge in [0, 0.05) is 0 Å². The van der Waals surface area contributed by atoms with E-state index in [1.807, 2.05) is 0 Å². The van der Waals surface area contributed by atoms with Gasteiger partial charge >= 0.3 is 82.3 Å². The molecule has 2 atom stereocenters. The van der Waals surface area contributed by atoms with Gasteiger partial charge in [0.25, 0.3) is 0 Å². The Hall–Kier alpha value is -0.721. The van der Waals surface area contributed by atoms with E-state index in [0.717, 1.165) is 12.8 Å². The van der Waals surface area contributed by atoms with Crippen molar-refractivity contribution in [2.45, 2.75) is 29.9 Å². The number of nitrogens with zero attached hydrogens (tertiary/aromatic N) is 2. The van der Waals surface area contributed by atoms with Gasteiger partial charge in [-0.05, 0) is 0 Å². The first-order valence-corrected chi connectivity index (χ1v) is 6.07. The maximum absolute atomic E-state index is 9.86. The summed E-state index contributed by atoms with van der Waals surface area (Å²) in [7, 11) is 0. The van der Waals surface area contributed by atoms with E-state index in [1.54, 1.807) is 12.2 Å². The van der Waals surface area contributed by atoms with Gasteiger partial charge in [-0.15, -0.1) is 0 Å². The van der Waals surface area contributed by atoms with Crippen LogP contribution in [-0.2, 0) is 9.59 Å². The molecular weight excluding hydrogens is 247 g/mol. The standard InChI is InChI=1S/C8H10N2O2Se.CH4/c11-5-9-3-7-1-2-8(13-7)4-10-6-12;/h7-8H,1-4H2;1H4. The zero-order valence-electron chi connectivity index (χ0n) is 7.10. The van der Waals surface area contributed by atoms with Crippen LogP contribution in [0.15, 0.2) is 9.98 Å². The molecule has 2 unspecified atom stereocenters. The summed E-state index contributed by atoms with van der Waals surface area (Å²) in [5, 5.41) is 0. The van der Waals surface area contributed by atoms with E-state index < -0.39 is 0 Å². The molecule has 1 heterocycles. The molecule has 0 aliphatic carbocycles. The molecule has 1 fully saturated rings. The number of hydrogen-bond acceptors (Lipinski definition) is 4. The van der Waals surface area contributed by atoms with E-state index in [4.69, 9.17) is 0 Å². The fourth-order valence-electron chi connectivity index (χ4n) is 1.33. The van der Waals surface area contributed by atoms with Crippen molar-refractivity contribution in [1.29, 1.82) is 0 Å². The van der Waals surface area contributed by atoms with Crippen LogP contribution in [0, 0.1) is 0 Å². The maximum atomic E-state index is 9.86. The summed E-state index contributed by atoms with van der Waals surface area (Å²) in [5.74, 6) is 0. The summed E-state index contributed by atoms with van der Waals surface area (Å²) in [4.78, 5) is 27.9. The predicted octanol–water partition coefficient (Wildman–Crippen LogP) is 1.37. The second kappa shape index (κ2) is 7.66. The summed E-state index contributed by atoms with van der Waals surface area (Å²) in [6, 6.07) is 0. The second-order valence-corrected chi connectivity index (χ2v) is 6.19. The van der Waals surface area contributed by atoms with Gasteiger partial charge in [-0.25, -0.2) is 0 Å². The first kappa shape index (κ1) is 13.3. The Balaban J connectivity index is 0.00000169. The van der Waals surface area contributed by atoms with E-state index in [0.29, 0.717) is 37.7 Å². The van der Waals surface area contributed by atoms with Crippen molar-refractivity contribution in [1.82, 2.24) is 0 Å². The summed E-state index contributed by atoms with van der Waals surface area (Å²) in [6.07, 6.45) is 5.31. The van der Waals surface area contributed by atoms with Gasteiger partial charge in [0.1, 0.15) is 0 Å². The van der Waals surface area contributed by atoms with Gasteiger partial charge in [0.05, 0.1) is 0 Å². The molecule has 1 rings (SSSR count). The fourth-order valence-corrected chi connectivity index (χ4v) is 4.28. The van der Waals surface area contributed by atoms with E-state index in [9.17, 15) is 9.59 Å². The van der Waals surface area contributed by atoms with Crippen molar-refractivity contribution < 1.29 is 9.59 Å². The molecule has 0 aromatic rings. The molecule has 4 nitrogen and oxygen atoms in total. The third-order valence-corrected chi connectivity index (χ3v) is 5.14. The van der Waals surface area contributed by atoms with Gasteiger partial charge in [0.15, 0.2) is 0 Å². The van der Waals surface area contributed by atoms with Crippen molar-refractivity contribution in [2.75, 3.05) is 13.1 Å². The van der Waals surface area contributed by atoms with Gasteiger partial charge in [-0.1, -0.05) is 7.43 Å². The van der Waals surface area contributed by atoms with Crippen molar-refractivity contribution >= 4 is 27.1 Å². The van der Waals surface area contributed by atoms with Crippen LogP contribution in [0.4, 0.5) is 0 Å². The number of aliphatic imine (C=N–C) groups is 2. The van der Waals surface area contributed by atoms with Crippen LogP contribution in [0.25, 0.3) is 0 Å². The number of hydrogen-bond donors (Lipinski definition) is 0. The molecule has 5 heteroatoms. The van der Waals surface area contributed by atoms with Crippen LogP contribution in [0.5, 0.6) is 0 Å². The van der Waals surface area contributed by atoms with Crippen LogP contribution in [0.3, 0.4) is 0 Å². The topological polar surface area (TPSA) is 58.9 Å². The van der Waals surface area contributed by atoms with Crippen LogP contribution >= 0.6 is 0 Å². The summed E-state index contributed by atoms with van der Waals surface area (Å²) in [5.41, 5.74) is 0. The first-order chi connectivity index (χ1) is 6.36. The molecule has 0 saturated carbocycles. The first-order valence-electron chi connectivity index (χ1n) is 4.09. The average Bonchev–Trinajstić information content (AvgIpc) is 2.59. The fraction of sp³-hybridized carbons (Fsp3) is 0.778. The zero-order chi connectivity index (χ0) is 9.52. The van der Waals surface area contributed by atoms with Crippen molar-refractivity contribution in [3.63, 3.8) is 0 Å². The molecule has 78 valence electrons. The van der Waals surface area contributed by atoms with Crippen LogP contribution in [0.2, 0.25) is 9.63 Å². The zero-order valence-corrected chi connectivity index (χ0v) is 8.82. The summed E-state index contributed by atoms with van der Waals surface area (Å²) < 4.78 is 0. The van der Waals surface area contributed by atoms with Crippen LogP contribution in [0.1, 0.15) is 20.3 Å². The average molecular weight is 261 g/mol. The van der Waals surface area contributed by atoms with Gasteiger partial charge in [-0.3, -0.25) is 0 Å². The molecule has 0 spiro atoms. The molecular formula is C9H14N2O2Se. The Bertz CT molecular complexity index is 232. The van der Waals surface area contributed by atoms with E-state index >= 15 is 0 Å². The van der Waals surface area contributed by atoms with Crippen molar-refractivity contribution in [3.8, 4) is 0 Å². The quantitative estimate of drug-likeness (QED) is 0.436. The Labute approximate surface area is 90.1 Å². The molecule has 1 aliphatic rings. The molecule has 0 amide bonds. The Kier molecular flexibility index (Phi) is 7.27. The SMILES string of the molecule is C.O=C=NCC1CCC(CN=C=O)[Se]1. The Morgan fingerprint density at radius 2 is 1.50 bits per heavy atom. The molecule has 0 radical (unpaired) electrons. The summed E-state index contributed by atoms with van der Waals surface area (Å²) in [6.45, 7) is 1.20. The second-order valence-electron chi connectivity index (χ2n) is 2.82. The summed E-state index contributed by atoms with van der Waals surface area (Å²) >= 11 is 0.459. The predicted molar refractivity (Wildman–Crippen MR) is 55.2 cm³/mol. The molecule has 0 bridgehead atoms. The molecule has 1 saturated heterocycles. The monoisotopic (exact) mass is 262 g/mol. The molecule has 0 N–H and O–H groups in total. The van der Waals surface area contributed by atoms with Crippen molar-refractivity contribution in [2.24, 2.45) is 9.98 Å². The molecule has 1 aliphatic heterocycles. The van der Waals surface area contributed by atoms with E-state index in [-0.39, 0.29) is 7.43 Å². The van der Waals surface area contributed by atoms with Gasteiger partial charge in [-0.2, -0.15) is 0 Å². The van der Waals surface area contributed by atoms with Crippen LogP contribution < -0.4 is 0 Å². The third-order valence-electron chi connectivity index (χ3n) is 1.91. The van der Waals surface area contributed by atoms with E-state index in [2.05, 4.69) is 9.98 Å². The Morgan fingerprint density at radius 1 is 1.07 bits per heavy atom. The molecule has 0 aromatic heterocycles. The number of carbonyl (C=O) groups excluding carboxylic acids is 2. The van der Waals surface area contributed by atoms with Crippen molar-refractivity contribution in [3.05, 3.63) is 0 Å².